The van der Waals surface area contributed by atoms with Crippen LogP contribution in [0, 0.1) is 0 Å². The lowest BCUT2D eigenvalue weighted by atomic mass is 10.1. The average Bonchev–Trinajstić information content (AvgIpc) is 3.19. The number of aromatic nitrogens is 2. The lowest BCUT2D eigenvalue weighted by Crippen LogP contribution is -2.32. The molecule has 1 atom stereocenters. The Hall–Kier alpha value is -2.83. The number of rotatable bonds is 8. The SMILES string of the molecule is CCN(CC)c1nccnc1OC1CCN(C(=O)Cc2ccc(OC)cc2)C1. The number of carbonyl (C=O) groups excluding carboxylic acids is 1. The van der Waals surface area contributed by atoms with E-state index in [2.05, 4.69) is 28.7 Å². The first-order valence-corrected chi connectivity index (χ1v) is 9.77. The molecule has 1 aliphatic rings. The maximum Gasteiger partial charge on any atom is 0.257 e. The molecular formula is C21H28N4O3. The minimum absolute atomic E-state index is 0.0640. The molecule has 7 heteroatoms. The molecule has 2 heterocycles. The van der Waals surface area contributed by atoms with Crippen molar-refractivity contribution in [3.05, 3.63) is 42.2 Å². The summed E-state index contributed by atoms with van der Waals surface area (Å²) in [7, 11) is 1.63. The normalized spacial score (nSPS) is 16.1. The Kier molecular flexibility index (Phi) is 6.68. The van der Waals surface area contributed by atoms with Gasteiger partial charge in [0.1, 0.15) is 11.9 Å². The monoisotopic (exact) mass is 384 g/mol. The van der Waals surface area contributed by atoms with Crippen LogP contribution in [0.5, 0.6) is 11.6 Å². The highest BCUT2D eigenvalue weighted by atomic mass is 16.5. The summed E-state index contributed by atoms with van der Waals surface area (Å²) in [6.45, 7) is 7.10. The highest BCUT2D eigenvalue weighted by molar-refractivity contribution is 5.79. The molecule has 0 spiro atoms. The van der Waals surface area contributed by atoms with Crippen LogP contribution in [0.15, 0.2) is 36.7 Å². The molecule has 0 radical (unpaired) electrons. The van der Waals surface area contributed by atoms with Gasteiger partial charge in [-0.15, -0.1) is 0 Å². The summed E-state index contributed by atoms with van der Waals surface area (Å²) in [6.07, 6.45) is 4.43. The maximum atomic E-state index is 12.6. The Bertz CT molecular complexity index is 777. The van der Waals surface area contributed by atoms with Crippen LogP contribution in [-0.2, 0) is 11.2 Å². The van der Waals surface area contributed by atoms with Crippen molar-refractivity contribution in [3.8, 4) is 11.6 Å². The zero-order valence-corrected chi connectivity index (χ0v) is 16.8. The Morgan fingerprint density at radius 3 is 2.57 bits per heavy atom. The third-order valence-corrected chi connectivity index (χ3v) is 5.00. The largest absolute Gasteiger partial charge is 0.497 e. The van der Waals surface area contributed by atoms with Crippen molar-refractivity contribution in [2.24, 2.45) is 0 Å². The first-order valence-electron chi connectivity index (χ1n) is 9.77. The van der Waals surface area contributed by atoms with Crippen molar-refractivity contribution in [1.29, 1.82) is 0 Å². The number of nitrogens with zero attached hydrogens (tertiary/aromatic N) is 4. The summed E-state index contributed by atoms with van der Waals surface area (Å²) in [5.41, 5.74) is 0.980. The topological polar surface area (TPSA) is 67.8 Å². The van der Waals surface area contributed by atoms with Crippen molar-refractivity contribution in [3.63, 3.8) is 0 Å². The molecule has 1 aromatic heterocycles. The smallest absolute Gasteiger partial charge is 0.257 e. The molecule has 1 unspecified atom stereocenters. The molecule has 28 heavy (non-hydrogen) atoms. The van der Waals surface area contributed by atoms with E-state index in [0.717, 1.165) is 36.6 Å². The molecule has 0 N–H and O–H groups in total. The maximum absolute atomic E-state index is 12.6. The molecule has 0 aliphatic carbocycles. The summed E-state index contributed by atoms with van der Waals surface area (Å²) < 4.78 is 11.3. The molecule has 0 bridgehead atoms. The third kappa shape index (κ3) is 4.71. The Morgan fingerprint density at radius 1 is 1.18 bits per heavy atom. The Morgan fingerprint density at radius 2 is 1.89 bits per heavy atom. The predicted octanol–water partition coefficient (Wildman–Crippen LogP) is 2.55. The van der Waals surface area contributed by atoms with Crippen LogP contribution >= 0.6 is 0 Å². The molecule has 1 fully saturated rings. The third-order valence-electron chi connectivity index (χ3n) is 5.00. The van der Waals surface area contributed by atoms with E-state index >= 15 is 0 Å². The van der Waals surface area contributed by atoms with Crippen molar-refractivity contribution >= 4 is 11.7 Å². The molecule has 1 aliphatic heterocycles. The number of likely N-dealkylation sites (tertiary alicyclic amines) is 1. The molecule has 3 rings (SSSR count). The Balaban J connectivity index is 1.59. The number of anilines is 1. The highest BCUT2D eigenvalue weighted by Crippen LogP contribution is 2.26. The first-order chi connectivity index (χ1) is 13.6. The molecule has 1 amide bonds. The van der Waals surface area contributed by atoms with Crippen LogP contribution in [-0.4, -0.2) is 60.2 Å². The second kappa shape index (κ2) is 9.39. The molecular weight excluding hydrogens is 356 g/mol. The Labute approximate surface area is 166 Å². The van der Waals surface area contributed by atoms with Crippen molar-refractivity contribution in [1.82, 2.24) is 14.9 Å². The predicted molar refractivity (Wildman–Crippen MR) is 108 cm³/mol. The number of hydrogen-bond acceptors (Lipinski definition) is 6. The summed E-state index contributed by atoms with van der Waals surface area (Å²) in [4.78, 5) is 25.4. The van der Waals surface area contributed by atoms with E-state index in [0.29, 0.717) is 25.4 Å². The minimum atomic E-state index is -0.0640. The van der Waals surface area contributed by atoms with Crippen LogP contribution in [0.25, 0.3) is 0 Å². The molecule has 1 saturated heterocycles. The van der Waals surface area contributed by atoms with Gasteiger partial charge in [0, 0.05) is 38.4 Å². The van der Waals surface area contributed by atoms with Gasteiger partial charge in [-0.3, -0.25) is 4.79 Å². The zero-order chi connectivity index (χ0) is 19.9. The molecule has 150 valence electrons. The van der Waals surface area contributed by atoms with E-state index in [9.17, 15) is 4.79 Å². The van der Waals surface area contributed by atoms with Crippen molar-refractivity contribution in [2.75, 3.05) is 38.2 Å². The van der Waals surface area contributed by atoms with Crippen LogP contribution in [0.1, 0.15) is 25.8 Å². The van der Waals surface area contributed by atoms with E-state index in [4.69, 9.17) is 9.47 Å². The number of ether oxygens (including phenoxy) is 2. The minimum Gasteiger partial charge on any atom is -0.497 e. The van der Waals surface area contributed by atoms with Crippen molar-refractivity contribution in [2.45, 2.75) is 32.8 Å². The quantitative estimate of drug-likeness (QED) is 0.697. The van der Waals surface area contributed by atoms with E-state index in [1.54, 1.807) is 19.5 Å². The van der Waals surface area contributed by atoms with Crippen LogP contribution < -0.4 is 14.4 Å². The number of amides is 1. The van der Waals surface area contributed by atoms with Gasteiger partial charge in [0.2, 0.25) is 5.91 Å². The van der Waals surface area contributed by atoms with Gasteiger partial charge in [-0.1, -0.05) is 12.1 Å². The lowest BCUT2D eigenvalue weighted by molar-refractivity contribution is -0.129. The molecule has 7 nitrogen and oxygen atoms in total. The van der Waals surface area contributed by atoms with Crippen molar-refractivity contribution < 1.29 is 14.3 Å². The molecule has 2 aromatic rings. The number of methoxy groups -OCH3 is 1. The highest BCUT2D eigenvalue weighted by Gasteiger charge is 2.29. The number of carbonyl (C=O) groups is 1. The number of hydrogen-bond donors (Lipinski definition) is 0. The lowest BCUT2D eigenvalue weighted by Gasteiger charge is -2.23. The molecule has 0 saturated carbocycles. The summed E-state index contributed by atoms with van der Waals surface area (Å²) in [5.74, 6) is 2.20. The van der Waals surface area contributed by atoms with Crippen LogP contribution in [0.4, 0.5) is 5.82 Å². The van der Waals surface area contributed by atoms with E-state index in [-0.39, 0.29) is 12.0 Å². The van der Waals surface area contributed by atoms with Gasteiger partial charge >= 0.3 is 0 Å². The van der Waals surface area contributed by atoms with E-state index in [1.165, 1.54) is 0 Å². The second-order valence-electron chi connectivity index (χ2n) is 6.75. The van der Waals surface area contributed by atoms with E-state index in [1.807, 2.05) is 29.2 Å². The van der Waals surface area contributed by atoms with Crippen LogP contribution in [0.3, 0.4) is 0 Å². The number of benzene rings is 1. The van der Waals surface area contributed by atoms with Gasteiger partial charge in [-0.05, 0) is 31.5 Å². The molecule has 1 aromatic carbocycles. The van der Waals surface area contributed by atoms with Gasteiger partial charge in [0.25, 0.3) is 5.88 Å². The fourth-order valence-electron chi connectivity index (χ4n) is 3.38. The summed E-state index contributed by atoms with van der Waals surface area (Å²) in [6, 6.07) is 7.61. The van der Waals surface area contributed by atoms with Gasteiger partial charge in [-0.2, -0.15) is 0 Å². The first kappa shape index (κ1) is 19.9. The van der Waals surface area contributed by atoms with Gasteiger partial charge in [0.05, 0.1) is 20.1 Å². The zero-order valence-electron chi connectivity index (χ0n) is 16.8. The average molecular weight is 384 g/mol. The van der Waals surface area contributed by atoms with E-state index < -0.39 is 0 Å². The van der Waals surface area contributed by atoms with Crippen LogP contribution in [0.2, 0.25) is 0 Å². The van der Waals surface area contributed by atoms with Gasteiger partial charge in [0.15, 0.2) is 5.82 Å². The summed E-state index contributed by atoms with van der Waals surface area (Å²) >= 11 is 0. The second-order valence-corrected chi connectivity index (χ2v) is 6.75. The fraction of sp³-hybridized carbons (Fsp3) is 0.476. The van der Waals surface area contributed by atoms with Gasteiger partial charge in [-0.25, -0.2) is 9.97 Å². The summed E-state index contributed by atoms with van der Waals surface area (Å²) in [5, 5.41) is 0. The van der Waals surface area contributed by atoms with Gasteiger partial charge < -0.3 is 19.3 Å². The standard InChI is InChI=1S/C21H28N4O3/c1-4-24(5-2)20-21(23-12-11-22-20)28-18-10-13-25(15-18)19(26)14-16-6-8-17(27-3)9-7-16/h6-9,11-12,18H,4-5,10,13-15H2,1-3H3. The fourth-order valence-corrected chi connectivity index (χ4v) is 3.38.